The molecule has 0 aliphatic heterocycles. The van der Waals surface area contributed by atoms with Crippen LogP contribution in [0.2, 0.25) is 0 Å². The Balaban J connectivity index is 1.71. The lowest BCUT2D eigenvalue weighted by Gasteiger charge is -2.11. The number of nitrogens with zero attached hydrogens (tertiary/aromatic N) is 2. The molecule has 0 saturated heterocycles. The van der Waals surface area contributed by atoms with Crippen LogP contribution in [-0.2, 0) is 11.3 Å². The molecular weight excluding hydrogens is 360 g/mol. The lowest BCUT2D eigenvalue weighted by atomic mass is 10.0. The largest absolute Gasteiger partial charge is 0.457 e. The van der Waals surface area contributed by atoms with Gasteiger partial charge in [-0.2, -0.15) is 5.26 Å². The van der Waals surface area contributed by atoms with Crippen molar-refractivity contribution < 1.29 is 9.53 Å². The molecule has 4 rings (SSSR count). The van der Waals surface area contributed by atoms with Crippen LogP contribution in [0.3, 0.4) is 0 Å². The molecule has 1 heterocycles. The fraction of sp³-hybridized carbons (Fsp3) is 0.0800. The van der Waals surface area contributed by atoms with E-state index in [1.807, 2.05) is 61.5 Å². The Labute approximate surface area is 169 Å². The van der Waals surface area contributed by atoms with Gasteiger partial charge in [0, 0.05) is 16.5 Å². The lowest BCUT2D eigenvalue weighted by Crippen LogP contribution is -2.08. The first-order valence-electron chi connectivity index (χ1n) is 9.27. The van der Waals surface area contributed by atoms with Crippen LogP contribution >= 0.6 is 0 Å². The van der Waals surface area contributed by atoms with E-state index in [9.17, 15) is 10.1 Å². The second kappa shape index (κ2) is 7.95. The Morgan fingerprint density at radius 1 is 1.00 bits per heavy atom. The zero-order valence-electron chi connectivity index (χ0n) is 15.9. The number of hydrogen-bond acceptors (Lipinski definition) is 4. The minimum atomic E-state index is -0.440. The molecule has 0 fully saturated rings. The number of nitriles is 1. The van der Waals surface area contributed by atoms with Crippen molar-refractivity contribution >= 4 is 16.9 Å². The molecule has 0 amide bonds. The maximum Gasteiger partial charge on any atom is 0.339 e. The summed E-state index contributed by atoms with van der Waals surface area (Å²) >= 11 is 0. The van der Waals surface area contributed by atoms with Gasteiger partial charge in [0.1, 0.15) is 6.61 Å². The molecule has 29 heavy (non-hydrogen) atoms. The summed E-state index contributed by atoms with van der Waals surface area (Å²) in [5.74, 6) is -0.440. The molecule has 0 N–H and O–H groups in total. The molecule has 3 aromatic carbocycles. The number of hydrogen-bond donors (Lipinski definition) is 0. The van der Waals surface area contributed by atoms with Gasteiger partial charge in [0.25, 0.3) is 0 Å². The number of rotatable bonds is 4. The maximum absolute atomic E-state index is 12.9. The lowest BCUT2D eigenvalue weighted by molar-refractivity contribution is 0.0475. The Kier molecular flexibility index (Phi) is 5.05. The summed E-state index contributed by atoms with van der Waals surface area (Å²) in [5, 5.41) is 9.96. The molecule has 1 aromatic heterocycles. The first-order chi connectivity index (χ1) is 14.2. The van der Waals surface area contributed by atoms with Crippen molar-refractivity contribution in [2.75, 3.05) is 0 Å². The highest BCUT2D eigenvalue weighted by Gasteiger charge is 2.16. The van der Waals surface area contributed by atoms with E-state index in [0.29, 0.717) is 22.4 Å². The van der Waals surface area contributed by atoms with Crippen LogP contribution in [0.25, 0.3) is 22.2 Å². The third kappa shape index (κ3) is 3.85. The third-order valence-corrected chi connectivity index (χ3v) is 4.78. The number of fused-ring (bicyclic) bond motifs is 1. The van der Waals surface area contributed by atoms with Gasteiger partial charge in [-0.15, -0.1) is 0 Å². The average Bonchev–Trinajstić information content (AvgIpc) is 2.77. The number of para-hydroxylation sites is 1. The van der Waals surface area contributed by atoms with Crippen LogP contribution < -0.4 is 0 Å². The van der Waals surface area contributed by atoms with Crippen molar-refractivity contribution in [3.8, 4) is 17.3 Å². The van der Waals surface area contributed by atoms with Crippen molar-refractivity contribution in [3.05, 3.63) is 101 Å². The molecule has 0 aliphatic carbocycles. The van der Waals surface area contributed by atoms with Gasteiger partial charge < -0.3 is 4.74 Å². The summed E-state index contributed by atoms with van der Waals surface area (Å²) in [6.07, 6.45) is 0. The molecule has 4 aromatic rings. The van der Waals surface area contributed by atoms with Gasteiger partial charge in [-0.3, -0.25) is 0 Å². The van der Waals surface area contributed by atoms with Crippen molar-refractivity contribution in [1.29, 1.82) is 5.26 Å². The summed E-state index contributed by atoms with van der Waals surface area (Å²) in [5.41, 5.74) is 5.18. The Hall–Kier alpha value is -3.97. The smallest absolute Gasteiger partial charge is 0.339 e. The van der Waals surface area contributed by atoms with Gasteiger partial charge in [0.2, 0.25) is 0 Å². The number of carbonyl (C=O) groups is 1. The SMILES string of the molecule is Cc1ccc(-c2cc(C(=O)OCc3ccccc3C#N)c3ccccc3n2)cc1. The second-order valence-corrected chi connectivity index (χ2v) is 6.78. The zero-order chi connectivity index (χ0) is 20.2. The van der Waals surface area contributed by atoms with Crippen molar-refractivity contribution in [3.63, 3.8) is 0 Å². The van der Waals surface area contributed by atoms with Crippen molar-refractivity contribution in [2.24, 2.45) is 0 Å². The van der Waals surface area contributed by atoms with E-state index >= 15 is 0 Å². The monoisotopic (exact) mass is 378 g/mol. The van der Waals surface area contributed by atoms with Gasteiger partial charge in [-0.05, 0) is 25.1 Å². The number of benzene rings is 3. The highest BCUT2D eigenvalue weighted by Crippen LogP contribution is 2.26. The van der Waals surface area contributed by atoms with E-state index in [1.54, 1.807) is 24.3 Å². The van der Waals surface area contributed by atoms with Crippen LogP contribution in [0.5, 0.6) is 0 Å². The quantitative estimate of drug-likeness (QED) is 0.444. The minimum absolute atomic E-state index is 0.0408. The van der Waals surface area contributed by atoms with Crippen LogP contribution in [0.4, 0.5) is 0 Å². The highest BCUT2D eigenvalue weighted by atomic mass is 16.5. The fourth-order valence-electron chi connectivity index (χ4n) is 3.19. The summed E-state index contributed by atoms with van der Waals surface area (Å²) in [6.45, 7) is 2.07. The topological polar surface area (TPSA) is 63.0 Å². The summed E-state index contributed by atoms with van der Waals surface area (Å²) in [7, 11) is 0. The summed E-state index contributed by atoms with van der Waals surface area (Å²) < 4.78 is 5.56. The number of esters is 1. The maximum atomic E-state index is 12.9. The molecule has 0 radical (unpaired) electrons. The van der Waals surface area contributed by atoms with E-state index < -0.39 is 5.97 Å². The van der Waals surface area contributed by atoms with Gasteiger partial charge in [-0.25, -0.2) is 9.78 Å². The first-order valence-corrected chi connectivity index (χ1v) is 9.27. The average molecular weight is 378 g/mol. The van der Waals surface area contributed by atoms with Crippen LogP contribution in [0, 0.1) is 18.3 Å². The zero-order valence-corrected chi connectivity index (χ0v) is 15.9. The third-order valence-electron chi connectivity index (χ3n) is 4.78. The molecule has 0 spiro atoms. The minimum Gasteiger partial charge on any atom is -0.457 e. The molecular formula is C25H18N2O2. The summed E-state index contributed by atoms with van der Waals surface area (Å²) in [4.78, 5) is 17.6. The standard InChI is InChI=1S/C25H18N2O2/c1-17-10-12-18(13-11-17)24-14-22(21-8-4-5-9-23(21)27-24)25(28)29-16-20-7-3-2-6-19(20)15-26/h2-14H,16H2,1H3. The molecule has 4 nitrogen and oxygen atoms in total. The Bertz CT molecular complexity index is 1240. The van der Waals surface area contributed by atoms with E-state index in [0.717, 1.165) is 22.0 Å². The number of aromatic nitrogens is 1. The summed E-state index contributed by atoms with van der Waals surface area (Å²) in [6, 6.07) is 26.5. The molecule has 0 bridgehead atoms. The van der Waals surface area contributed by atoms with Gasteiger partial charge in [0.15, 0.2) is 0 Å². The van der Waals surface area contributed by atoms with E-state index in [2.05, 4.69) is 6.07 Å². The molecule has 0 saturated carbocycles. The number of aryl methyl sites for hydroxylation is 1. The Morgan fingerprint density at radius 3 is 2.52 bits per heavy atom. The van der Waals surface area contributed by atoms with Gasteiger partial charge >= 0.3 is 5.97 Å². The highest BCUT2D eigenvalue weighted by molar-refractivity contribution is 6.04. The van der Waals surface area contributed by atoms with Crippen molar-refractivity contribution in [1.82, 2.24) is 4.98 Å². The van der Waals surface area contributed by atoms with Crippen LogP contribution in [0.15, 0.2) is 78.9 Å². The normalized spacial score (nSPS) is 10.5. The van der Waals surface area contributed by atoms with E-state index in [1.165, 1.54) is 0 Å². The number of ether oxygens (including phenoxy) is 1. The number of carbonyl (C=O) groups excluding carboxylic acids is 1. The van der Waals surface area contributed by atoms with Gasteiger partial charge in [-0.1, -0.05) is 66.2 Å². The van der Waals surface area contributed by atoms with E-state index in [-0.39, 0.29) is 6.61 Å². The predicted molar refractivity (Wildman–Crippen MR) is 112 cm³/mol. The molecule has 0 unspecified atom stereocenters. The number of pyridine rings is 1. The molecule has 0 atom stereocenters. The predicted octanol–water partition coefficient (Wildman–Crippen LogP) is 5.44. The Morgan fingerprint density at radius 2 is 1.72 bits per heavy atom. The second-order valence-electron chi connectivity index (χ2n) is 6.78. The van der Waals surface area contributed by atoms with Crippen LogP contribution in [-0.4, -0.2) is 11.0 Å². The molecule has 0 aliphatic rings. The molecule has 140 valence electrons. The van der Waals surface area contributed by atoms with Crippen molar-refractivity contribution in [2.45, 2.75) is 13.5 Å². The van der Waals surface area contributed by atoms with Crippen LogP contribution in [0.1, 0.15) is 27.0 Å². The first kappa shape index (κ1) is 18.4. The van der Waals surface area contributed by atoms with Gasteiger partial charge in [0.05, 0.1) is 28.4 Å². The van der Waals surface area contributed by atoms with E-state index in [4.69, 9.17) is 9.72 Å². The molecule has 4 heteroatoms. The fourth-order valence-corrected chi connectivity index (χ4v) is 3.19.